The summed E-state index contributed by atoms with van der Waals surface area (Å²) in [5.41, 5.74) is 0.688. The Morgan fingerprint density at radius 3 is 2.22 bits per heavy atom. The summed E-state index contributed by atoms with van der Waals surface area (Å²) in [5.74, 6) is -0.414. The number of carbonyl (C=O) groups is 1. The van der Waals surface area contributed by atoms with Gasteiger partial charge in [0, 0.05) is 24.7 Å². The highest BCUT2D eigenvalue weighted by molar-refractivity contribution is 7.89. The first-order valence-electron chi connectivity index (χ1n) is 6.51. The lowest BCUT2D eigenvalue weighted by Crippen LogP contribution is -2.22. The fourth-order valence-corrected chi connectivity index (χ4v) is 3.02. The van der Waals surface area contributed by atoms with E-state index in [9.17, 15) is 13.2 Å². The monoisotopic (exact) mass is 372 g/mol. The molecule has 0 bridgehead atoms. The number of nitrogens with one attached hydrogen (secondary N) is 1. The van der Waals surface area contributed by atoms with Gasteiger partial charge in [0.1, 0.15) is 0 Å². The van der Waals surface area contributed by atoms with Gasteiger partial charge in [-0.25, -0.2) is 12.7 Å². The number of benzene rings is 2. The Hall–Kier alpha value is -1.60. The summed E-state index contributed by atoms with van der Waals surface area (Å²) >= 11 is 11.9. The van der Waals surface area contributed by atoms with E-state index < -0.39 is 15.9 Å². The highest BCUT2D eigenvalue weighted by atomic mass is 35.5. The van der Waals surface area contributed by atoms with Crippen LogP contribution in [0.2, 0.25) is 10.0 Å². The zero-order valence-corrected chi connectivity index (χ0v) is 14.7. The zero-order chi connectivity index (χ0) is 17.2. The van der Waals surface area contributed by atoms with Crippen LogP contribution < -0.4 is 5.32 Å². The number of rotatable bonds is 4. The van der Waals surface area contributed by atoms with E-state index in [1.54, 1.807) is 12.1 Å². The molecule has 8 heteroatoms. The maximum Gasteiger partial charge on any atom is 0.255 e. The lowest BCUT2D eigenvalue weighted by atomic mass is 10.2. The molecule has 5 nitrogen and oxygen atoms in total. The fourth-order valence-electron chi connectivity index (χ4n) is 1.78. The Labute approximate surface area is 144 Å². The van der Waals surface area contributed by atoms with Crippen LogP contribution in [0, 0.1) is 0 Å². The van der Waals surface area contributed by atoms with Gasteiger partial charge in [-0.15, -0.1) is 0 Å². The number of sulfonamides is 1. The molecule has 2 rings (SSSR count). The third kappa shape index (κ3) is 4.03. The first-order chi connectivity index (χ1) is 10.7. The molecule has 0 aliphatic heterocycles. The molecule has 0 aliphatic carbocycles. The van der Waals surface area contributed by atoms with E-state index in [-0.39, 0.29) is 4.90 Å². The largest absolute Gasteiger partial charge is 0.321 e. The summed E-state index contributed by atoms with van der Waals surface area (Å²) in [4.78, 5) is 12.3. The Morgan fingerprint density at radius 1 is 1.04 bits per heavy atom. The van der Waals surface area contributed by atoms with Gasteiger partial charge < -0.3 is 5.32 Å². The molecule has 0 unspecified atom stereocenters. The van der Waals surface area contributed by atoms with Gasteiger partial charge in [0.05, 0.1) is 15.6 Å². The third-order valence-electron chi connectivity index (χ3n) is 3.07. The van der Waals surface area contributed by atoms with E-state index in [2.05, 4.69) is 5.32 Å². The molecule has 0 saturated carbocycles. The van der Waals surface area contributed by atoms with Crippen LogP contribution in [0.3, 0.4) is 0 Å². The predicted octanol–water partition coefficient (Wildman–Crippen LogP) is 3.50. The summed E-state index contributed by atoms with van der Waals surface area (Å²) < 4.78 is 25.1. The highest BCUT2D eigenvalue weighted by Crippen LogP contribution is 2.26. The van der Waals surface area contributed by atoms with Gasteiger partial charge >= 0.3 is 0 Å². The Balaban J connectivity index is 2.23. The van der Waals surface area contributed by atoms with Crippen molar-refractivity contribution in [1.82, 2.24) is 4.31 Å². The minimum absolute atomic E-state index is 0.111. The molecule has 0 radical (unpaired) electrons. The minimum Gasteiger partial charge on any atom is -0.321 e. The number of anilines is 1. The van der Waals surface area contributed by atoms with Gasteiger partial charge in [-0.2, -0.15) is 0 Å². The van der Waals surface area contributed by atoms with Crippen LogP contribution in [-0.4, -0.2) is 32.7 Å². The van der Waals surface area contributed by atoms with Crippen LogP contribution in [0.1, 0.15) is 10.4 Å². The van der Waals surface area contributed by atoms with Crippen LogP contribution in [0.4, 0.5) is 5.69 Å². The minimum atomic E-state index is -3.53. The number of nitrogens with zero attached hydrogens (tertiary/aromatic N) is 1. The fraction of sp³-hybridized carbons (Fsp3) is 0.133. The van der Waals surface area contributed by atoms with Crippen molar-refractivity contribution in [2.24, 2.45) is 0 Å². The Morgan fingerprint density at radius 2 is 1.65 bits per heavy atom. The van der Waals surface area contributed by atoms with E-state index in [0.717, 1.165) is 4.31 Å². The van der Waals surface area contributed by atoms with Gasteiger partial charge in [-0.3, -0.25) is 4.79 Å². The van der Waals surface area contributed by atoms with E-state index in [0.29, 0.717) is 21.3 Å². The van der Waals surface area contributed by atoms with E-state index in [4.69, 9.17) is 23.2 Å². The molecule has 2 aromatic carbocycles. The molecule has 23 heavy (non-hydrogen) atoms. The molecule has 0 spiro atoms. The normalized spacial score (nSPS) is 11.5. The SMILES string of the molecule is CN(C)S(=O)(=O)c1ccc(C(=O)Nc2cc(Cl)ccc2Cl)cc1. The van der Waals surface area contributed by atoms with E-state index >= 15 is 0 Å². The molecular weight excluding hydrogens is 359 g/mol. The third-order valence-corrected chi connectivity index (χ3v) is 5.47. The number of carbonyl (C=O) groups excluding carboxylic acids is 1. The topological polar surface area (TPSA) is 66.5 Å². The molecule has 0 atom stereocenters. The average Bonchev–Trinajstić information content (AvgIpc) is 2.50. The Bertz CT molecular complexity index is 834. The second-order valence-corrected chi connectivity index (χ2v) is 7.89. The first kappa shape index (κ1) is 17.7. The molecule has 0 fully saturated rings. The summed E-state index contributed by atoms with van der Waals surface area (Å²) in [5, 5.41) is 3.43. The van der Waals surface area contributed by atoms with Gasteiger partial charge in [0.25, 0.3) is 5.91 Å². The summed E-state index contributed by atoms with van der Waals surface area (Å²) in [6, 6.07) is 10.3. The van der Waals surface area contributed by atoms with Gasteiger partial charge in [0.2, 0.25) is 10.0 Å². The smallest absolute Gasteiger partial charge is 0.255 e. The van der Waals surface area contributed by atoms with E-state index in [1.165, 1.54) is 44.4 Å². The Kier molecular flexibility index (Phi) is 5.31. The standard InChI is InChI=1S/C15H14Cl2N2O3S/c1-19(2)23(21,22)12-6-3-10(4-7-12)15(20)18-14-9-11(16)5-8-13(14)17/h3-9H,1-2H3,(H,18,20). The number of hydrogen-bond donors (Lipinski definition) is 1. The highest BCUT2D eigenvalue weighted by Gasteiger charge is 2.17. The van der Waals surface area contributed by atoms with Gasteiger partial charge in [-0.1, -0.05) is 23.2 Å². The molecule has 122 valence electrons. The zero-order valence-electron chi connectivity index (χ0n) is 12.4. The molecule has 1 N–H and O–H groups in total. The van der Waals surface area contributed by atoms with E-state index in [1.807, 2.05) is 0 Å². The quantitative estimate of drug-likeness (QED) is 0.892. The second-order valence-electron chi connectivity index (χ2n) is 4.89. The summed E-state index contributed by atoms with van der Waals surface area (Å²) in [7, 11) is -0.644. The molecule has 0 saturated heterocycles. The molecule has 0 aromatic heterocycles. The van der Waals surface area contributed by atoms with Crippen molar-refractivity contribution in [3.05, 3.63) is 58.1 Å². The van der Waals surface area contributed by atoms with Crippen LogP contribution in [0.5, 0.6) is 0 Å². The summed E-state index contributed by atoms with van der Waals surface area (Å²) in [6.07, 6.45) is 0. The van der Waals surface area contributed by atoms with Crippen LogP contribution in [0.25, 0.3) is 0 Å². The lowest BCUT2D eigenvalue weighted by Gasteiger charge is -2.12. The lowest BCUT2D eigenvalue weighted by molar-refractivity contribution is 0.102. The van der Waals surface area contributed by atoms with Crippen LogP contribution >= 0.6 is 23.2 Å². The second kappa shape index (κ2) is 6.88. The number of halogens is 2. The number of amides is 1. The summed E-state index contributed by atoms with van der Waals surface area (Å²) in [6.45, 7) is 0. The maximum atomic E-state index is 12.2. The maximum absolute atomic E-state index is 12.2. The average molecular weight is 373 g/mol. The van der Waals surface area contributed by atoms with Crippen molar-refractivity contribution in [3.8, 4) is 0 Å². The molecule has 1 amide bonds. The van der Waals surface area contributed by atoms with Gasteiger partial charge in [0.15, 0.2) is 0 Å². The number of hydrogen-bond acceptors (Lipinski definition) is 3. The van der Waals surface area contributed by atoms with Crippen molar-refractivity contribution in [3.63, 3.8) is 0 Å². The van der Waals surface area contributed by atoms with Crippen molar-refractivity contribution >= 4 is 44.8 Å². The van der Waals surface area contributed by atoms with Gasteiger partial charge in [-0.05, 0) is 42.5 Å². The molecule has 2 aromatic rings. The van der Waals surface area contributed by atoms with Crippen molar-refractivity contribution < 1.29 is 13.2 Å². The van der Waals surface area contributed by atoms with Crippen molar-refractivity contribution in [2.75, 3.05) is 19.4 Å². The van der Waals surface area contributed by atoms with Crippen molar-refractivity contribution in [2.45, 2.75) is 4.90 Å². The first-order valence-corrected chi connectivity index (χ1v) is 8.70. The van der Waals surface area contributed by atoms with Crippen molar-refractivity contribution in [1.29, 1.82) is 0 Å². The van der Waals surface area contributed by atoms with Crippen LogP contribution in [0.15, 0.2) is 47.4 Å². The van der Waals surface area contributed by atoms with Crippen LogP contribution in [-0.2, 0) is 10.0 Å². The molecular formula is C15H14Cl2N2O3S. The molecule has 0 aliphatic rings. The molecule has 0 heterocycles. The predicted molar refractivity (Wildman–Crippen MR) is 91.7 cm³/mol.